The zero-order valence-electron chi connectivity index (χ0n) is 23.8. The van der Waals surface area contributed by atoms with Gasteiger partial charge in [0.1, 0.15) is 21.3 Å². The van der Waals surface area contributed by atoms with Crippen LogP contribution in [0.4, 0.5) is 11.4 Å². The van der Waals surface area contributed by atoms with Crippen LogP contribution in [0.1, 0.15) is 52.6 Å². The van der Waals surface area contributed by atoms with Gasteiger partial charge < -0.3 is 31.1 Å². The molecule has 2 amide bonds. The Morgan fingerprint density at radius 3 is 1.21 bits per heavy atom. The van der Waals surface area contributed by atoms with Crippen LogP contribution in [0.25, 0.3) is 12.2 Å². The van der Waals surface area contributed by atoms with E-state index in [9.17, 15) is 55.3 Å². The van der Waals surface area contributed by atoms with Crippen molar-refractivity contribution in [1.29, 1.82) is 0 Å². The van der Waals surface area contributed by atoms with Crippen LogP contribution in [0, 0.1) is 0 Å². The van der Waals surface area contributed by atoms with Gasteiger partial charge in [0.2, 0.25) is 0 Å². The van der Waals surface area contributed by atoms with E-state index in [1.165, 1.54) is 12.1 Å². The van der Waals surface area contributed by atoms with E-state index in [-0.39, 0.29) is 33.6 Å². The molecule has 0 spiro atoms. The third-order valence-corrected chi connectivity index (χ3v) is 8.34. The number of aromatic carboxylic acids is 2. The highest BCUT2D eigenvalue weighted by molar-refractivity contribution is 7.86. The first-order chi connectivity index (χ1) is 22.3. The Morgan fingerprint density at radius 1 is 0.542 bits per heavy atom. The summed E-state index contributed by atoms with van der Waals surface area (Å²) in [5.41, 5.74) is -2.39. The third kappa shape index (κ3) is 8.00. The van der Waals surface area contributed by atoms with Gasteiger partial charge in [0, 0.05) is 11.4 Å². The number of carbonyl (C=O) groups excluding carboxylic acids is 2. The van der Waals surface area contributed by atoms with Crippen LogP contribution in [0.5, 0.6) is 11.5 Å². The summed E-state index contributed by atoms with van der Waals surface area (Å²) in [7, 11) is -9.97. The van der Waals surface area contributed by atoms with E-state index in [1.807, 2.05) is 0 Å². The Bertz CT molecular complexity index is 2100. The van der Waals surface area contributed by atoms with Gasteiger partial charge in [-0.3, -0.25) is 18.7 Å². The Kier molecular flexibility index (Phi) is 9.67. The van der Waals surface area contributed by atoms with Crippen molar-refractivity contribution >= 4 is 67.5 Å². The molecule has 0 unspecified atom stereocenters. The number of hydrogen-bond acceptors (Lipinski definition) is 10. The highest BCUT2D eigenvalue weighted by Gasteiger charge is 2.21. The van der Waals surface area contributed by atoms with E-state index in [0.29, 0.717) is 0 Å². The van der Waals surface area contributed by atoms with Gasteiger partial charge in [0.25, 0.3) is 32.1 Å². The highest BCUT2D eigenvalue weighted by Crippen LogP contribution is 2.28. The standard InChI is InChI=1S/C30H22N2O14S2/c33-23-9-5-17(29(37)38)11-21(23)27(35)31-19-7-3-15(25(13-19)47(41,42)43)1-2-16-4-8-20(14-26(16)48(44,45)46)32-28(36)22-12-18(30(39)40)6-10-24(22)34/h1-14,33-34H,(H,31,35)(H,32,36)(H,37,38)(H,39,40)(H,41,42,43)(H,44,45,46)/b2-1+. The average Bonchev–Trinajstić information content (AvgIpc) is 2.99. The molecule has 0 heterocycles. The molecule has 0 saturated heterocycles. The van der Waals surface area contributed by atoms with Crippen LogP contribution < -0.4 is 10.6 Å². The van der Waals surface area contributed by atoms with Crippen LogP contribution in [-0.4, -0.2) is 70.1 Å². The van der Waals surface area contributed by atoms with Crippen molar-refractivity contribution in [3.8, 4) is 11.5 Å². The Hall–Kier alpha value is -6.08. The Morgan fingerprint density at radius 2 is 0.896 bits per heavy atom. The summed E-state index contributed by atoms with van der Waals surface area (Å²) in [5.74, 6) is -5.94. The zero-order valence-corrected chi connectivity index (χ0v) is 25.5. The lowest BCUT2D eigenvalue weighted by Crippen LogP contribution is -2.14. The Balaban J connectivity index is 1.65. The monoisotopic (exact) mass is 698 g/mol. The van der Waals surface area contributed by atoms with Crippen molar-refractivity contribution in [3.63, 3.8) is 0 Å². The first kappa shape index (κ1) is 34.8. The molecule has 0 aliphatic heterocycles. The minimum Gasteiger partial charge on any atom is -0.507 e. The van der Waals surface area contributed by atoms with Crippen molar-refractivity contribution in [3.05, 3.63) is 106 Å². The molecule has 0 aliphatic carbocycles. The molecule has 18 heteroatoms. The first-order valence-corrected chi connectivity index (χ1v) is 15.9. The number of carbonyl (C=O) groups is 4. The van der Waals surface area contributed by atoms with Crippen molar-refractivity contribution in [2.24, 2.45) is 0 Å². The summed E-state index contributed by atoms with van der Waals surface area (Å²) >= 11 is 0. The smallest absolute Gasteiger partial charge is 0.335 e. The Labute approximate surface area is 270 Å². The molecule has 248 valence electrons. The molecular weight excluding hydrogens is 676 g/mol. The molecule has 0 bridgehead atoms. The summed E-state index contributed by atoms with van der Waals surface area (Å²) in [6, 6.07) is 12.1. The third-order valence-electron chi connectivity index (χ3n) is 6.52. The molecule has 8 N–H and O–H groups in total. The highest BCUT2D eigenvalue weighted by atomic mass is 32.2. The predicted molar refractivity (Wildman–Crippen MR) is 167 cm³/mol. The van der Waals surface area contributed by atoms with Crippen LogP contribution in [0.2, 0.25) is 0 Å². The van der Waals surface area contributed by atoms with Crippen molar-refractivity contribution in [2.75, 3.05) is 10.6 Å². The number of carboxylic acid groups (broad SMARTS) is 2. The largest absolute Gasteiger partial charge is 0.507 e. The van der Waals surface area contributed by atoms with Crippen LogP contribution >= 0.6 is 0 Å². The van der Waals surface area contributed by atoms with Gasteiger partial charge in [-0.25, -0.2) is 9.59 Å². The number of hydrogen-bond donors (Lipinski definition) is 8. The minimum atomic E-state index is -4.99. The molecular formula is C30H22N2O14S2. The van der Waals surface area contributed by atoms with E-state index in [2.05, 4.69) is 10.6 Å². The van der Waals surface area contributed by atoms with Crippen molar-refractivity contribution in [1.82, 2.24) is 0 Å². The summed E-state index contributed by atoms with van der Waals surface area (Å²) in [6.45, 7) is 0. The van der Waals surface area contributed by atoms with Gasteiger partial charge in [0.15, 0.2) is 0 Å². The minimum absolute atomic E-state index is 0.205. The number of aromatic hydroxyl groups is 2. The number of amides is 2. The predicted octanol–water partition coefficient (Wildman–Crippen LogP) is 3.66. The molecule has 0 atom stereocenters. The topological polar surface area (TPSA) is 282 Å². The molecule has 0 aromatic heterocycles. The molecule has 0 aliphatic rings. The van der Waals surface area contributed by atoms with Crippen LogP contribution in [0.3, 0.4) is 0 Å². The van der Waals surface area contributed by atoms with Crippen molar-refractivity contribution < 1.29 is 65.5 Å². The second kappa shape index (κ2) is 13.3. The zero-order chi connectivity index (χ0) is 35.6. The van der Waals surface area contributed by atoms with Gasteiger partial charge in [-0.2, -0.15) is 16.8 Å². The summed E-state index contributed by atoms with van der Waals surface area (Å²) in [5, 5.41) is 42.8. The maximum absolute atomic E-state index is 12.7. The van der Waals surface area contributed by atoms with E-state index >= 15 is 0 Å². The molecule has 16 nitrogen and oxygen atoms in total. The average molecular weight is 699 g/mol. The van der Waals surface area contributed by atoms with Gasteiger partial charge >= 0.3 is 11.9 Å². The van der Waals surface area contributed by atoms with E-state index in [4.69, 9.17) is 10.2 Å². The summed E-state index contributed by atoms with van der Waals surface area (Å²) in [6.07, 6.45) is 2.10. The van der Waals surface area contributed by atoms with Crippen molar-refractivity contribution in [2.45, 2.75) is 9.79 Å². The molecule has 0 saturated carbocycles. The normalized spacial score (nSPS) is 11.6. The molecule has 0 fully saturated rings. The lowest BCUT2D eigenvalue weighted by Gasteiger charge is -2.11. The second-order valence-corrected chi connectivity index (χ2v) is 12.6. The molecule has 0 radical (unpaired) electrons. The van der Waals surface area contributed by atoms with E-state index in [1.54, 1.807) is 0 Å². The van der Waals surface area contributed by atoms with Crippen LogP contribution in [-0.2, 0) is 20.2 Å². The first-order valence-electron chi connectivity index (χ1n) is 13.0. The van der Waals surface area contributed by atoms with Gasteiger partial charge in [-0.05, 0) is 71.8 Å². The molecule has 48 heavy (non-hydrogen) atoms. The van der Waals surface area contributed by atoms with Gasteiger partial charge in [0.05, 0.1) is 22.3 Å². The number of carboxylic acids is 2. The molecule has 4 rings (SSSR count). The summed E-state index contributed by atoms with van der Waals surface area (Å²) < 4.78 is 68.5. The lowest BCUT2D eigenvalue weighted by molar-refractivity contribution is 0.0685. The maximum Gasteiger partial charge on any atom is 0.335 e. The fourth-order valence-electron chi connectivity index (χ4n) is 4.22. The number of phenolic OH excluding ortho intramolecular Hbond substituents is 2. The fraction of sp³-hybridized carbons (Fsp3) is 0. The number of benzene rings is 4. The lowest BCUT2D eigenvalue weighted by atomic mass is 10.1. The van der Waals surface area contributed by atoms with Gasteiger partial charge in [-0.15, -0.1) is 0 Å². The number of nitrogens with one attached hydrogen (secondary N) is 2. The number of phenols is 2. The summed E-state index contributed by atoms with van der Waals surface area (Å²) in [4.78, 5) is 46.3. The quantitative estimate of drug-likeness (QED) is 0.0867. The second-order valence-electron chi connectivity index (χ2n) is 9.77. The number of anilines is 2. The van der Waals surface area contributed by atoms with Gasteiger partial charge in [-0.1, -0.05) is 24.3 Å². The van der Waals surface area contributed by atoms with E-state index in [0.717, 1.165) is 72.8 Å². The SMILES string of the molecule is O=C(O)c1ccc(O)c(C(=O)Nc2ccc(/C=C/c3ccc(NC(=O)c4cc(C(=O)O)ccc4O)cc3S(=O)(=O)O)c(S(=O)(=O)O)c2)c1. The van der Waals surface area contributed by atoms with E-state index < -0.39 is 76.4 Å². The maximum atomic E-state index is 12.7. The van der Waals surface area contributed by atoms with Crippen LogP contribution in [0.15, 0.2) is 82.6 Å². The molecule has 4 aromatic carbocycles. The molecule has 4 aromatic rings. The fourth-order valence-corrected chi connectivity index (χ4v) is 5.64. The number of rotatable bonds is 10.